The van der Waals surface area contributed by atoms with Crippen LogP contribution in [0.1, 0.15) is 36.8 Å². The molecular formula is C17H22F4N2. The van der Waals surface area contributed by atoms with Gasteiger partial charge in [0.1, 0.15) is 5.82 Å². The summed E-state index contributed by atoms with van der Waals surface area (Å²) in [5.74, 6) is -0.00866. The van der Waals surface area contributed by atoms with E-state index in [1.54, 1.807) is 0 Å². The number of hydrogen-bond donors (Lipinski definition) is 1. The number of hydrogen-bond acceptors (Lipinski definition) is 2. The zero-order valence-corrected chi connectivity index (χ0v) is 13.0. The topological polar surface area (TPSA) is 15.3 Å². The molecule has 1 N–H and O–H groups in total. The van der Waals surface area contributed by atoms with Gasteiger partial charge >= 0.3 is 6.18 Å². The highest BCUT2D eigenvalue weighted by molar-refractivity contribution is 5.30. The molecule has 6 heteroatoms. The molecule has 1 aliphatic heterocycles. The maximum atomic E-state index is 13.1. The molecule has 0 spiro atoms. The standard InChI is InChI=1S/C17H22F4N2/c18-14-4-3-13(16(9-14)17(19,20)21)11-23-7-5-15(6-8-23)22-10-12-1-2-12/h3-4,9,12,15,22H,1-2,5-8,10-11H2. The fourth-order valence-corrected chi connectivity index (χ4v) is 3.14. The fourth-order valence-electron chi connectivity index (χ4n) is 3.14. The Morgan fingerprint density at radius 3 is 2.39 bits per heavy atom. The normalized spacial score (nSPS) is 20.9. The lowest BCUT2D eigenvalue weighted by Crippen LogP contribution is -2.42. The molecule has 3 rings (SSSR count). The summed E-state index contributed by atoms with van der Waals surface area (Å²) >= 11 is 0. The molecule has 2 nitrogen and oxygen atoms in total. The van der Waals surface area contributed by atoms with Gasteiger partial charge in [0.2, 0.25) is 0 Å². The summed E-state index contributed by atoms with van der Waals surface area (Å²) < 4.78 is 52.2. The number of rotatable bonds is 5. The lowest BCUT2D eigenvalue weighted by Gasteiger charge is -2.33. The summed E-state index contributed by atoms with van der Waals surface area (Å²) in [4.78, 5) is 2.03. The van der Waals surface area contributed by atoms with Crippen LogP contribution in [-0.2, 0) is 12.7 Å². The largest absolute Gasteiger partial charge is 0.416 e. The van der Waals surface area contributed by atoms with Crippen LogP contribution in [0.2, 0.25) is 0 Å². The van der Waals surface area contributed by atoms with Crippen molar-refractivity contribution in [3.8, 4) is 0 Å². The third-order valence-electron chi connectivity index (χ3n) is 4.75. The van der Waals surface area contributed by atoms with Crippen LogP contribution in [0, 0.1) is 11.7 Å². The number of nitrogens with one attached hydrogen (secondary N) is 1. The monoisotopic (exact) mass is 330 g/mol. The van der Waals surface area contributed by atoms with E-state index in [2.05, 4.69) is 5.32 Å². The molecule has 1 saturated carbocycles. The molecule has 0 radical (unpaired) electrons. The van der Waals surface area contributed by atoms with Crippen molar-refractivity contribution < 1.29 is 17.6 Å². The van der Waals surface area contributed by atoms with E-state index in [1.807, 2.05) is 4.90 Å². The van der Waals surface area contributed by atoms with Gasteiger partial charge in [-0.15, -0.1) is 0 Å². The quantitative estimate of drug-likeness (QED) is 0.826. The van der Waals surface area contributed by atoms with E-state index >= 15 is 0 Å². The molecule has 2 aliphatic rings. The maximum Gasteiger partial charge on any atom is 0.416 e. The zero-order chi connectivity index (χ0) is 16.4. The SMILES string of the molecule is Fc1ccc(CN2CCC(NCC3CC3)CC2)c(C(F)(F)F)c1. The van der Waals surface area contributed by atoms with Crippen LogP contribution < -0.4 is 5.32 Å². The van der Waals surface area contributed by atoms with E-state index in [-0.39, 0.29) is 12.1 Å². The Balaban J connectivity index is 1.55. The smallest absolute Gasteiger partial charge is 0.314 e. The van der Waals surface area contributed by atoms with Crippen LogP contribution in [0.3, 0.4) is 0 Å². The summed E-state index contributed by atoms with van der Waals surface area (Å²) in [7, 11) is 0. The molecule has 0 amide bonds. The van der Waals surface area contributed by atoms with Crippen molar-refractivity contribution >= 4 is 0 Å². The Morgan fingerprint density at radius 2 is 1.78 bits per heavy atom. The van der Waals surface area contributed by atoms with Gasteiger partial charge in [-0.25, -0.2) is 4.39 Å². The van der Waals surface area contributed by atoms with Crippen molar-refractivity contribution in [3.63, 3.8) is 0 Å². The minimum atomic E-state index is -4.51. The van der Waals surface area contributed by atoms with Crippen molar-refractivity contribution in [1.82, 2.24) is 10.2 Å². The minimum absolute atomic E-state index is 0.156. The first-order valence-electron chi connectivity index (χ1n) is 8.23. The summed E-state index contributed by atoms with van der Waals surface area (Å²) in [6.45, 7) is 2.85. The number of nitrogens with zero attached hydrogens (tertiary/aromatic N) is 1. The van der Waals surface area contributed by atoms with Crippen LogP contribution in [0.25, 0.3) is 0 Å². The van der Waals surface area contributed by atoms with Crippen LogP contribution in [0.15, 0.2) is 18.2 Å². The van der Waals surface area contributed by atoms with Gasteiger partial charge in [-0.2, -0.15) is 13.2 Å². The molecule has 0 bridgehead atoms. The molecule has 0 unspecified atom stereocenters. The first kappa shape index (κ1) is 16.7. The fraction of sp³-hybridized carbons (Fsp3) is 0.647. The maximum absolute atomic E-state index is 13.1. The van der Waals surface area contributed by atoms with Crippen LogP contribution in [-0.4, -0.2) is 30.6 Å². The summed E-state index contributed by atoms with van der Waals surface area (Å²) in [6, 6.07) is 3.44. The van der Waals surface area contributed by atoms with Gasteiger partial charge in [-0.1, -0.05) is 6.07 Å². The minimum Gasteiger partial charge on any atom is -0.314 e. The Bertz CT molecular complexity index is 532. The number of likely N-dealkylation sites (tertiary alicyclic amines) is 1. The van der Waals surface area contributed by atoms with Crippen molar-refractivity contribution in [2.45, 2.75) is 44.4 Å². The predicted octanol–water partition coefficient (Wildman–Crippen LogP) is 3.81. The summed E-state index contributed by atoms with van der Waals surface area (Å²) in [6.07, 6.45) is 0.0272. The van der Waals surface area contributed by atoms with Crippen LogP contribution >= 0.6 is 0 Å². The average molecular weight is 330 g/mol. The van der Waals surface area contributed by atoms with E-state index in [9.17, 15) is 17.6 Å². The number of alkyl halides is 3. The number of piperidine rings is 1. The van der Waals surface area contributed by atoms with Gasteiger partial charge in [-0.05, 0) is 68.9 Å². The van der Waals surface area contributed by atoms with E-state index in [0.717, 1.165) is 44.5 Å². The van der Waals surface area contributed by atoms with Crippen LogP contribution in [0.5, 0.6) is 0 Å². The van der Waals surface area contributed by atoms with Gasteiger partial charge in [0.15, 0.2) is 0 Å². The highest BCUT2D eigenvalue weighted by atomic mass is 19.4. The Hall–Kier alpha value is -1.14. The molecule has 2 fully saturated rings. The molecule has 23 heavy (non-hydrogen) atoms. The van der Waals surface area contributed by atoms with Gasteiger partial charge in [0.25, 0.3) is 0 Å². The molecule has 0 atom stereocenters. The molecule has 1 aromatic carbocycles. The Morgan fingerprint density at radius 1 is 1.09 bits per heavy atom. The van der Waals surface area contributed by atoms with Crippen molar-refractivity contribution in [1.29, 1.82) is 0 Å². The van der Waals surface area contributed by atoms with Crippen molar-refractivity contribution in [2.24, 2.45) is 5.92 Å². The Kier molecular flexibility index (Phi) is 4.92. The second-order valence-electron chi connectivity index (χ2n) is 6.70. The van der Waals surface area contributed by atoms with E-state index < -0.39 is 17.6 Å². The van der Waals surface area contributed by atoms with Crippen molar-refractivity contribution in [3.05, 3.63) is 35.1 Å². The molecule has 1 aromatic rings. The van der Waals surface area contributed by atoms with Gasteiger partial charge in [0.05, 0.1) is 5.56 Å². The van der Waals surface area contributed by atoms with E-state index in [0.29, 0.717) is 12.1 Å². The lowest BCUT2D eigenvalue weighted by molar-refractivity contribution is -0.138. The summed E-state index contributed by atoms with van der Waals surface area (Å²) in [5, 5.41) is 3.55. The van der Waals surface area contributed by atoms with E-state index in [4.69, 9.17) is 0 Å². The molecule has 1 aliphatic carbocycles. The highest BCUT2D eigenvalue weighted by Crippen LogP contribution is 2.33. The molecule has 0 aromatic heterocycles. The number of halogens is 4. The third-order valence-corrected chi connectivity index (χ3v) is 4.75. The second kappa shape index (κ2) is 6.77. The molecular weight excluding hydrogens is 308 g/mol. The Labute approximate surface area is 133 Å². The van der Waals surface area contributed by atoms with Gasteiger partial charge in [0, 0.05) is 12.6 Å². The van der Waals surface area contributed by atoms with Gasteiger partial charge in [-0.3, -0.25) is 4.90 Å². The number of benzene rings is 1. The zero-order valence-electron chi connectivity index (χ0n) is 13.0. The van der Waals surface area contributed by atoms with E-state index in [1.165, 1.54) is 18.9 Å². The molecule has 128 valence electrons. The lowest BCUT2D eigenvalue weighted by atomic mass is 10.0. The predicted molar refractivity (Wildman–Crippen MR) is 80.4 cm³/mol. The van der Waals surface area contributed by atoms with Crippen molar-refractivity contribution in [2.75, 3.05) is 19.6 Å². The second-order valence-corrected chi connectivity index (χ2v) is 6.70. The first-order valence-corrected chi connectivity index (χ1v) is 8.23. The van der Waals surface area contributed by atoms with Crippen LogP contribution in [0.4, 0.5) is 17.6 Å². The average Bonchev–Trinajstić information content (AvgIpc) is 3.32. The first-order chi connectivity index (χ1) is 10.9. The summed E-state index contributed by atoms with van der Waals surface area (Å²) in [5.41, 5.74) is -0.699. The molecule has 1 heterocycles. The molecule has 1 saturated heterocycles. The van der Waals surface area contributed by atoms with Gasteiger partial charge < -0.3 is 5.32 Å². The third kappa shape index (κ3) is 4.67. The highest BCUT2D eigenvalue weighted by Gasteiger charge is 2.34.